The van der Waals surface area contributed by atoms with Gasteiger partial charge in [0.1, 0.15) is 17.2 Å². The van der Waals surface area contributed by atoms with Crippen LogP contribution in [0.4, 0.5) is 5.69 Å². The highest BCUT2D eigenvalue weighted by Gasteiger charge is 2.21. The van der Waals surface area contributed by atoms with E-state index in [2.05, 4.69) is 17.0 Å². The molecule has 1 amide bonds. The number of nitrogens with zero attached hydrogens (tertiary/aromatic N) is 2. The van der Waals surface area contributed by atoms with Gasteiger partial charge in [0.2, 0.25) is 5.91 Å². The van der Waals surface area contributed by atoms with Crippen LogP contribution in [0.25, 0.3) is 0 Å². The van der Waals surface area contributed by atoms with Crippen LogP contribution in [-0.2, 0) is 4.79 Å². The van der Waals surface area contributed by atoms with Crippen LogP contribution in [0.2, 0.25) is 0 Å². The van der Waals surface area contributed by atoms with Crippen LogP contribution in [0.1, 0.15) is 6.42 Å². The predicted octanol–water partition coefficient (Wildman–Crippen LogP) is 2.82. The summed E-state index contributed by atoms with van der Waals surface area (Å²) in [4.78, 5) is 16.6. The number of carbonyl (C=O) groups is 1. The molecule has 6 heteroatoms. The molecule has 2 aromatic carbocycles. The van der Waals surface area contributed by atoms with Crippen LogP contribution >= 0.6 is 0 Å². The molecule has 144 valence electrons. The van der Waals surface area contributed by atoms with Crippen LogP contribution < -0.4 is 19.1 Å². The number of methoxy groups -OCH3 is 2. The second-order valence-corrected chi connectivity index (χ2v) is 6.34. The normalized spacial score (nSPS) is 14.0. The van der Waals surface area contributed by atoms with Gasteiger partial charge < -0.3 is 24.0 Å². The van der Waals surface area contributed by atoms with Crippen molar-refractivity contribution in [2.75, 3.05) is 51.9 Å². The fourth-order valence-electron chi connectivity index (χ4n) is 3.09. The van der Waals surface area contributed by atoms with E-state index in [1.165, 1.54) is 0 Å². The third-order valence-electron chi connectivity index (χ3n) is 4.71. The van der Waals surface area contributed by atoms with Gasteiger partial charge in [0.15, 0.2) is 0 Å². The maximum atomic E-state index is 12.4. The first-order valence-electron chi connectivity index (χ1n) is 9.13. The smallest absolute Gasteiger partial charge is 0.226 e. The summed E-state index contributed by atoms with van der Waals surface area (Å²) < 4.78 is 16.0. The zero-order valence-electron chi connectivity index (χ0n) is 15.9. The quantitative estimate of drug-likeness (QED) is 0.750. The van der Waals surface area contributed by atoms with Crippen molar-refractivity contribution in [2.24, 2.45) is 0 Å². The summed E-state index contributed by atoms with van der Waals surface area (Å²) in [5.41, 5.74) is 1.16. The SMILES string of the molecule is COc1ccc(OCCC(=O)N2CCN(c3ccc(OC)cc3)CC2)cc1. The molecule has 1 aliphatic heterocycles. The van der Waals surface area contributed by atoms with Crippen LogP contribution in [0, 0.1) is 0 Å². The Morgan fingerprint density at radius 1 is 0.815 bits per heavy atom. The summed E-state index contributed by atoms with van der Waals surface area (Å²) in [6.45, 7) is 3.50. The van der Waals surface area contributed by atoms with Crippen LogP contribution in [0.3, 0.4) is 0 Å². The molecule has 1 fully saturated rings. The van der Waals surface area contributed by atoms with E-state index in [4.69, 9.17) is 14.2 Å². The number of ether oxygens (including phenoxy) is 3. The van der Waals surface area contributed by atoms with E-state index in [9.17, 15) is 4.79 Å². The summed E-state index contributed by atoms with van der Waals surface area (Å²) >= 11 is 0. The largest absolute Gasteiger partial charge is 0.497 e. The van der Waals surface area contributed by atoms with Gasteiger partial charge in [-0.15, -0.1) is 0 Å². The zero-order chi connectivity index (χ0) is 19.1. The van der Waals surface area contributed by atoms with E-state index >= 15 is 0 Å². The van der Waals surface area contributed by atoms with E-state index in [0.717, 1.165) is 49.1 Å². The first-order chi connectivity index (χ1) is 13.2. The minimum Gasteiger partial charge on any atom is -0.497 e. The highest BCUT2D eigenvalue weighted by Crippen LogP contribution is 2.21. The first kappa shape index (κ1) is 18.9. The van der Waals surface area contributed by atoms with Crippen molar-refractivity contribution in [1.82, 2.24) is 4.90 Å². The first-order valence-corrected chi connectivity index (χ1v) is 9.13. The molecular formula is C21H26N2O4. The summed E-state index contributed by atoms with van der Waals surface area (Å²) in [5.74, 6) is 2.52. The van der Waals surface area contributed by atoms with Gasteiger partial charge in [0.25, 0.3) is 0 Å². The molecule has 0 saturated carbocycles. The van der Waals surface area contributed by atoms with Gasteiger partial charge in [-0.1, -0.05) is 0 Å². The number of anilines is 1. The average molecular weight is 370 g/mol. The highest BCUT2D eigenvalue weighted by atomic mass is 16.5. The fraction of sp³-hybridized carbons (Fsp3) is 0.381. The molecule has 1 aliphatic rings. The molecular weight excluding hydrogens is 344 g/mol. The lowest BCUT2D eigenvalue weighted by Crippen LogP contribution is -2.49. The summed E-state index contributed by atoms with van der Waals surface area (Å²) in [7, 11) is 3.29. The lowest BCUT2D eigenvalue weighted by Gasteiger charge is -2.36. The second-order valence-electron chi connectivity index (χ2n) is 6.34. The number of hydrogen-bond donors (Lipinski definition) is 0. The maximum Gasteiger partial charge on any atom is 0.226 e. The van der Waals surface area contributed by atoms with Crippen molar-refractivity contribution >= 4 is 11.6 Å². The Kier molecular flexibility index (Phi) is 6.41. The Labute approximate surface area is 160 Å². The van der Waals surface area contributed by atoms with Crippen LogP contribution in [-0.4, -0.2) is 57.8 Å². The Morgan fingerprint density at radius 3 is 1.89 bits per heavy atom. The molecule has 0 aliphatic carbocycles. The molecule has 0 unspecified atom stereocenters. The number of benzene rings is 2. The minimum atomic E-state index is 0.137. The topological polar surface area (TPSA) is 51.2 Å². The van der Waals surface area contributed by atoms with Gasteiger partial charge >= 0.3 is 0 Å². The van der Waals surface area contributed by atoms with Gasteiger partial charge in [-0.3, -0.25) is 4.79 Å². The highest BCUT2D eigenvalue weighted by molar-refractivity contribution is 5.76. The number of hydrogen-bond acceptors (Lipinski definition) is 5. The molecule has 0 spiro atoms. The molecule has 6 nitrogen and oxygen atoms in total. The molecule has 27 heavy (non-hydrogen) atoms. The number of carbonyl (C=O) groups excluding carboxylic acids is 1. The molecule has 2 aromatic rings. The van der Waals surface area contributed by atoms with Gasteiger partial charge in [0.05, 0.1) is 27.2 Å². The molecule has 3 rings (SSSR count). The molecule has 1 saturated heterocycles. The fourth-order valence-corrected chi connectivity index (χ4v) is 3.09. The van der Waals surface area contributed by atoms with E-state index in [0.29, 0.717) is 13.0 Å². The van der Waals surface area contributed by atoms with E-state index in [1.54, 1.807) is 14.2 Å². The second kappa shape index (κ2) is 9.16. The Hall–Kier alpha value is -2.89. The molecule has 0 N–H and O–H groups in total. The Bertz CT molecular complexity index is 723. The molecule has 1 heterocycles. The van der Waals surface area contributed by atoms with Gasteiger partial charge in [-0.05, 0) is 48.5 Å². The van der Waals surface area contributed by atoms with Crippen molar-refractivity contribution in [3.05, 3.63) is 48.5 Å². The average Bonchev–Trinajstić information content (AvgIpc) is 2.74. The third kappa shape index (κ3) is 5.06. The van der Waals surface area contributed by atoms with Crippen molar-refractivity contribution in [3.8, 4) is 17.2 Å². The molecule has 0 bridgehead atoms. The standard InChI is InChI=1S/C21H26N2O4/c1-25-18-5-3-17(4-6-18)22-12-14-23(15-13-22)21(24)11-16-27-20-9-7-19(26-2)8-10-20/h3-10H,11-16H2,1-2H3. The molecule has 0 radical (unpaired) electrons. The zero-order valence-corrected chi connectivity index (χ0v) is 15.9. The summed E-state index contributed by atoms with van der Waals surface area (Å²) in [6, 6.07) is 15.4. The number of amides is 1. The van der Waals surface area contributed by atoms with Gasteiger partial charge in [-0.25, -0.2) is 0 Å². The Balaban J connectivity index is 1.41. The van der Waals surface area contributed by atoms with Gasteiger partial charge in [-0.2, -0.15) is 0 Å². The van der Waals surface area contributed by atoms with Crippen LogP contribution in [0.5, 0.6) is 17.2 Å². The predicted molar refractivity (Wildman–Crippen MR) is 105 cm³/mol. The van der Waals surface area contributed by atoms with E-state index < -0.39 is 0 Å². The van der Waals surface area contributed by atoms with Crippen molar-refractivity contribution in [1.29, 1.82) is 0 Å². The van der Waals surface area contributed by atoms with Crippen LogP contribution in [0.15, 0.2) is 48.5 Å². The molecule has 0 atom stereocenters. The summed E-state index contributed by atoms with van der Waals surface area (Å²) in [5, 5.41) is 0. The van der Waals surface area contributed by atoms with Crippen molar-refractivity contribution < 1.29 is 19.0 Å². The van der Waals surface area contributed by atoms with E-state index in [-0.39, 0.29) is 5.91 Å². The third-order valence-corrected chi connectivity index (χ3v) is 4.71. The maximum absolute atomic E-state index is 12.4. The van der Waals surface area contributed by atoms with Gasteiger partial charge in [0, 0.05) is 31.9 Å². The monoisotopic (exact) mass is 370 g/mol. The lowest BCUT2D eigenvalue weighted by molar-refractivity contribution is -0.132. The van der Waals surface area contributed by atoms with Crippen molar-refractivity contribution in [2.45, 2.75) is 6.42 Å². The van der Waals surface area contributed by atoms with Crippen molar-refractivity contribution in [3.63, 3.8) is 0 Å². The van der Waals surface area contributed by atoms with E-state index in [1.807, 2.05) is 41.3 Å². The number of piperazine rings is 1. The minimum absolute atomic E-state index is 0.137. The number of rotatable bonds is 7. The summed E-state index contributed by atoms with van der Waals surface area (Å²) in [6.07, 6.45) is 0.383. The Morgan fingerprint density at radius 2 is 1.33 bits per heavy atom. The lowest BCUT2D eigenvalue weighted by atomic mass is 10.2. The molecule has 0 aromatic heterocycles.